The quantitative estimate of drug-likeness (QED) is 0.692. The third-order valence-electron chi connectivity index (χ3n) is 2.91. The fourth-order valence-corrected chi connectivity index (χ4v) is 1.67. The fraction of sp³-hybridized carbons (Fsp3) is 0.625. The molecule has 2 N–H and O–H groups in total. The van der Waals surface area contributed by atoms with Gasteiger partial charge in [-0.3, -0.25) is 0 Å². The summed E-state index contributed by atoms with van der Waals surface area (Å²) in [5.41, 5.74) is 1.11. The monoisotopic (exact) mass is 281 g/mol. The molecule has 0 spiro atoms. The number of rotatable bonds is 10. The van der Waals surface area contributed by atoms with Crippen LogP contribution in [0.4, 0.5) is 0 Å². The molecule has 0 saturated heterocycles. The van der Waals surface area contributed by atoms with Gasteiger partial charge in [0.15, 0.2) is 0 Å². The van der Waals surface area contributed by atoms with Crippen molar-refractivity contribution in [2.45, 2.75) is 33.7 Å². The lowest BCUT2D eigenvalue weighted by Crippen LogP contribution is -2.16. The van der Waals surface area contributed by atoms with E-state index in [-0.39, 0.29) is 12.5 Å². The molecular weight excluding hydrogens is 254 g/mol. The van der Waals surface area contributed by atoms with E-state index in [0.29, 0.717) is 13.2 Å². The second-order valence-corrected chi connectivity index (χ2v) is 5.00. The van der Waals surface area contributed by atoms with Gasteiger partial charge in [0.2, 0.25) is 0 Å². The number of aliphatic hydroxyl groups excluding tert-OH is 1. The van der Waals surface area contributed by atoms with Crippen LogP contribution in [0.15, 0.2) is 18.2 Å². The standard InChI is InChI=1S/C16H27NO3/c1-4-8-19-15-7-6-14(10-17-5-2)16(9-15)20-12-13(3)11-18/h6-7,9,13,17-18H,4-5,8,10-12H2,1-3H3. The molecule has 0 aliphatic rings. The predicted octanol–water partition coefficient (Wildman–Crippen LogP) is 2.59. The van der Waals surface area contributed by atoms with Gasteiger partial charge in [0.1, 0.15) is 11.5 Å². The molecule has 0 amide bonds. The lowest BCUT2D eigenvalue weighted by atomic mass is 10.1. The smallest absolute Gasteiger partial charge is 0.127 e. The molecule has 1 unspecified atom stereocenters. The maximum Gasteiger partial charge on any atom is 0.127 e. The maximum absolute atomic E-state index is 9.08. The molecule has 0 aliphatic carbocycles. The second-order valence-electron chi connectivity index (χ2n) is 5.00. The SMILES string of the molecule is CCCOc1ccc(CNCC)c(OCC(C)CO)c1. The van der Waals surface area contributed by atoms with E-state index in [1.165, 1.54) is 0 Å². The summed E-state index contributed by atoms with van der Waals surface area (Å²) in [4.78, 5) is 0. The Morgan fingerprint density at radius 2 is 2.05 bits per heavy atom. The lowest BCUT2D eigenvalue weighted by Gasteiger charge is -2.16. The number of aliphatic hydroxyl groups is 1. The van der Waals surface area contributed by atoms with Crippen LogP contribution in [0.2, 0.25) is 0 Å². The average Bonchev–Trinajstić information content (AvgIpc) is 2.49. The van der Waals surface area contributed by atoms with Gasteiger partial charge >= 0.3 is 0 Å². The van der Waals surface area contributed by atoms with E-state index in [1.54, 1.807) is 0 Å². The largest absolute Gasteiger partial charge is 0.493 e. The van der Waals surface area contributed by atoms with E-state index in [0.717, 1.165) is 36.6 Å². The van der Waals surface area contributed by atoms with Crippen molar-refractivity contribution in [1.29, 1.82) is 0 Å². The number of ether oxygens (including phenoxy) is 2. The molecule has 0 aromatic heterocycles. The summed E-state index contributed by atoms with van der Waals surface area (Å²) in [6, 6.07) is 5.95. The molecule has 1 atom stereocenters. The van der Waals surface area contributed by atoms with Crippen molar-refractivity contribution in [3.63, 3.8) is 0 Å². The summed E-state index contributed by atoms with van der Waals surface area (Å²) in [5, 5.41) is 12.4. The van der Waals surface area contributed by atoms with Gasteiger partial charge in [-0.2, -0.15) is 0 Å². The summed E-state index contributed by atoms with van der Waals surface area (Å²) in [6.07, 6.45) is 0.983. The van der Waals surface area contributed by atoms with Crippen molar-refractivity contribution >= 4 is 0 Å². The summed E-state index contributed by atoms with van der Waals surface area (Å²) in [6.45, 7) is 9.16. The van der Waals surface area contributed by atoms with E-state index in [1.807, 2.05) is 25.1 Å². The highest BCUT2D eigenvalue weighted by Crippen LogP contribution is 2.25. The summed E-state index contributed by atoms with van der Waals surface area (Å²) < 4.78 is 11.5. The Labute approximate surface area is 122 Å². The third-order valence-corrected chi connectivity index (χ3v) is 2.91. The van der Waals surface area contributed by atoms with Crippen LogP contribution in [0, 0.1) is 5.92 Å². The van der Waals surface area contributed by atoms with Gasteiger partial charge in [0, 0.05) is 30.7 Å². The minimum Gasteiger partial charge on any atom is -0.493 e. The fourth-order valence-electron chi connectivity index (χ4n) is 1.67. The Bertz CT molecular complexity index is 382. The van der Waals surface area contributed by atoms with E-state index >= 15 is 0 Å². The molecule has 114 valence electrons. The van der Waals surface area contributed by atoms with E-state index < -0.39 is 0 Å². The Morgan fingerprint density at radius 3 is 2.70 bits per heavy atom. The maximum atomic E-state index is 9.08. The Hall–Kier alpha value is -1.26. The van der Waals surface area contributed by atoms with Gasteiger partial charge in [0.25, 0.3) is 0 Å². The van der Waals surface area contributed by atoms with Crippen LogP contribution in [0.3, 0.4) is 0 Å². The van der Waals surface area contributed by atoms with Gasteiger partial charge in [-0.05, 0) is 19.0 Å². The minimum absolute atomic E-state index is 0.127. The molecule has 0 aliphatic heterocycles. The molecule has 20 heavy (non-hydrogen) atoms. The zero-order valence-electron chi connectivity index (χ0n) is 12.8. The molecule has 1 rings (SSSR count). The highest BCUT2D eigenvalue weighted by Gasteiger charge is 2.08. The summed E-state index contributed by atoms with van der Waals surface area (Å²) in [7, 11) is 0. The van der Waals surface area contributed by atoms with Crippen LogP contribution in [0.5, 0.6) is 11.5 Å². The molecule has 4 heteroatoms. The van der Waals surface area contributed by atoms with Gasteiger partial charge in [-0.25, -0.2) is 0 Å². The van der Waals surface area contributed by atoms with Crippen molar-refractivity contribution in [2.75, 3.05) is 26.4 Å². The molecule has 0 bridgehead atoms. The summed E-state index contributed by atoms with van der Waals surface area (Å²) >= 11 is 0. The van der Waals surface area contributed by atoms with E-state index in [2.05, 4.69) is 19.2 Å². The first-order valence-electron chi connectivity index (χ1n) is 7.41. The van der Waals surface area contributed by atoms with Crippen LogP contribution in [-0.4, -0.2) is 31.5 Å². The van der Waals surface area contributed by atoms with Crippen molar-refractivity contribution in [3.05, 3.63) is 23.8 Å². The second kappa shape index (κ2) is 9.61. The third kappa shape index (κ3) is 5.80. The van der Waals surface area contributed by atoms with Crippen LogP contribution < -0.4 is 14.8 Å². The van der Waals surface area contributed by atoms with Crippen LogP contribution >= 0.6 is 0 Å². The molecule has 1 aromatic rings. The highest BCUT2D eigenvalue weighted by molar-refractivity contribution is 5.40. The first kappa shape index (κ1) is 16.8. The molecule has 0 radical (unpaired) electrons. The Balaban J connectivity index is 2.76. The van der Waals surface area contributed by atoms with Crippen molar-refractivity contribution in [1.82, 2.24) is 5.32 Å². The first-order chi connectivity index (χ1) is 9.71. The molecule has 0 fully saturated rings. The lowest BCUT2D eigenvalue weighted by molar-refractivity contribution is 0.173. The number of hydrogen-bond donors (Lipinski definition) is 2. The Morgan fingerprint density at radius 1 is 1.25 bits per heavy atom. The number of benzene rings is 1. The van der Waals surface area contributed by atoms with Gasteiger partial charge in [0.05, 0.1) is 13.2 Å². The molecule has 0 saturated carbocycles. The van der Waals surface area contributed by atoms with Crippen molar-refractivity contribution in [3.8, 4) is 11.5 Å². The van der Waals surface area contributed by atoms with Crippen molar-refractivity contribution < 1.29 is 14.6 Å². The molecule has 1 aromatic carbocycles. The minimum atomic E-state index is 0.127. The van der Waals surface area contributed by atoms with Gasteiger partial charge < -0.3 is 19.9 Å². The van der Waals surface area contributed by atoms with Gasteiger partial charge in [-0.15, -0.1) is 0 Å². The van der Waals surface area contributed by atoms with Crippen LogP contribution in [0.25, 0.3) is 0 Å². The van der Waals surface area contributed by atoms with E-state index in [4.69, 9.17) is 14.6 Å². The number of nitrogens with one attached hydrogen (secondary N) is 1. The normalized spacial score (nSPS) is 12.2. The Kier molecular flexibility index (Phi) is 8.07. The highest BCUT2D eigenvalue weighted by atomic mass is 16.5. The molecular formula is C16H27NO3. The van der Waals surface area contributed by atoms with Gasteiger partial charge in [-0.1, -0.05) is 26.8 Å². The van der Waals surface area contributed by atoms with Crippen molar-refractivity contribution in [2.24, 2.45) is 5.92 Å². The predicted molar refractivity (Wildman–Crippen MR) is 81.4 cm³/mol. The molecule has 4 nitrogen and oxygen atoms in total. The van der Waals surface area contributed by atoms with Crippen LogP contribution in [-0.2, 0) is 6.54 Å². The van der Waals surface area contributed by atoms with E-state index in [9.17, 15) is 0 Å². The topological polar surface area (TPSA) is 50.7 Å². The number of hydrogen-bond acceptors (Lipinski definition) is 4. The first-order valence-corrected chi connectivity index (χ1v) is 7.41. The zero-order valence-corrected chi connectivity index (χ0v) is 12.8. The summed E-state index contributed by atoms with van der Waals surface area (Å²) in [5.74, 6) is 1.79. The van der Waals surface area contributed by atoms with Crippen LogP contribution in [0.1, 0.15) is 32.8 Å². The average molecular weight is 281 g/mol. The molecule has 0 heterocycles. The zero-order chi connectivity index (χ0) is 14.8.